The van der Waals surface area contributed by atoms with Crippen LogP contribution in [0.3, 0.4) is 0 Å². The Morgan fingerprint density at radius 3 is 1.67 bits per heavy atom. The predicted molar refractivity (Wildman–Crippen MR) is 56.8 cm³/mol. The summed E-state index contributed by atoms with van der Waals surface area (Å²) in [5.41, 5.74) is 0. The summed E-state index contributed by atoms with van der Waals surface area (Å²) in [7, 11) is 0. The molecule has 2 aromatic heterocycles. The normalized spacial score (nSPS) is 12.9. The zero-order chi connectivity index (χ0) is 12.9. The highest BCUT2D eigenvalue weighted by Crippen LogP contribution is 2.30. The zero-order valence-corrected chi connectivity index (χ0v) is 8.89. The van der Waals surface area contributed by atoms with E-state index in [0.29, 0.717) is 0 Å². The first-order valence-corrected chi connectivity index (χ1v) is 5.00. The summed E-state index contributed by atoms with van der Waals surface area (Å²) in [5, 5.41) is 21.5. The molecule has 1 aliphatic rings. The van der Waals surface area contributed by atoms with E-state index in [1.807, 2.05) is 0 Å². The van der Waals surface area contributed by atoms with Crippen molar-refractivity contribution >= 4 is 11.6 Å². The van der Waals surface area contributed by atoms with Crippen LogP contribution in [0, 0.1) is 20.2 Å². The SMILES string of the molecule is O=[N+]([O-])c1cnc2n1CCn1c([N+](=O)[O-])cnc1-2. The van der Waals surface area contributed by atoms with Gasteiger partial charge in [0.2, 0.25) is 0 Å². The molecule has 0 saturated heterocycles. The molecule has 0 atom stereocenters. The van der Waals surface area contributed by atoms with E-state index in [-0.39, 0.29) is 36.4 Å². The lowest BCUT2D eigenvalue weighted by Gasteiger charge is -2.09. The first-order chi connectivity index (χ1) is 8.59. The highest BCUT2D eigenvalue weighted by atomic mass is 16.6. The molecule has 0 radical (unpaired) electrons. The second-order valence-corrected chi connectivity index (χ2v) is 3.70. The third kappa shape index (κ3) is 1.22. The minimum absolute atomic E-state index is 0.137. The van der Waals surface area contributed by atoms with Crippen LogP contribution in [0.4, 0.5) is 11.6 Å². The molecule has 3 rings (SSSR count). The van der Waals surface area contributed by atoms with Crippen molar-refractivity contribution in [2.45, 2.75) is 13.1 Å². The van der Waals surface area contributed by atoms with Crippen LogP contribution in [0.1, 0.15) is 0 Å². The maximum absolute atomic E-state index is 10.8. The molecule has 0 amide bonds. The number of nitro groups is 2. The first kappa shape index (κ1) is 10.4. The number of imidazole rings is 2. The molecule has 10 nitrogen and oxygen atoms in total. The van der Waals surface area contributed by atoms with E-state index < -0.39 is 9.85 Å². The molecule has 0 saturated carbocycles. The molecular weight excluding hydrogens is 244 g/mol. The molecule has 2 aromatic rings. The lowest BCUT2D eigenvalue weighted by atomic mass is 10.4. The minimum atomic E-state index is -0.538. The summed E-state index contributed by atoms with van der Waals surface area (Å²) < 4.78 is 2.79. The summed E-state index contributed by atoms with van der Waals surface area (Å²) in [5.74, 6) is 0.283. The van der Waals surface area contributed by atoms with Crippen molar-refractivity contribution in [1.82, 2.24) is 19.1 Å². The third-order valence-electron chi connectivity index (χ3n) is 2.79. The van der Waals surface area contributed by atoms with Crippen molar-refractivity contribution in [1.29, 1.82) is 0 Å². The van der Waals surface area contributed by atoms with Gasteiger partial charge in [0.15, 0.2) is 0 Å². The number of rotatable bonds is 2. The number of nitrogens with zero attached hydrogens (tertiary/aromatic N) is 6. The number of hydrogen-bond donors (Lipinski definition) is 0. The molecule has 92 valence electrons. The van der Waals surface area contributed by atoms with Crippen molar-refractivity contribution in [3.8, 4) is 11.6 Å². The fraction of sp³-hybridized carbons (Fsp3) is 0.250. The van der Waals surface area contributed by atoms with Crippen molar-refractivity contribution in [2.24, 2.45) is 0 Å². The summed E-state index contributed by atoms with van der Waals surface area (Å²) in [6, 6.07) is 0. The monoisotopic (exact) mass is 250 g/mol. The van der Waals surface area contributed by atoms with Crippen LogP contribution >= 0.6 is 0 Å². The largest absolute Gasteiger partial charge is 0.358 e. The van der Waals surface area contributed by atoms with E-state index in [1.54, 1.807) is 0 Å². The Balaban J connectivity index is 2.19. The molecule has 0 fully saturated rings. The molecule has 18 heavy (non-hydrogen) atoms. The lowest BCUT2D eigenvalue weighted by molar-refractivity contribution is -0.393. The van der Waals surface area contributed by atoms with Gasteiger partial charge in [0, 0.05) is 0 Å². The van der Waals surface area contributed by atoms with Crippen molar-refractivity contribution in [2.75, 3.05) is 0 Å². The molecule has 0 bridgehead atoms. The maximum Gasteiger partial charge on any atom is 0.343 e. The molecule has 0 N–H and O–H groups in total. The van der Waals surface area contributed by atoms with Gasteiger partial charge in [0.1, 0.15) is 25.5 Å². The molecule has 3 heterocycles. The molecule has 10 heteroatoms. The van der Waals surface area contributed by atoms with E-state index in [1.165, 1.54) is 9.13 Å². The average Bonchev–Trinajstić information content (AvgIpc) is 2.91. The smallest absolute Gasteiger partial charge is 0.343 e. The van der Waals surface area contributed by atoms with E-state index in [2.05, 4.69) is 9.97 Å². The van der Waals surface area contributed by atoms with Gasteiger partial charge in [0.25, 0.3) is 11.6 Å². The van der Waals surface area contributed by atoms with E-state index in [9.17, 15) is 20.2 Å². The average molecular weight is 250 g/mol. The van der Waals surface area contributed by atoms with Gasteiger partial charge in [0.05, 0.1) is 0 Å². The van der Waals surface area contributed by atoms with Gasteiger partial charge >= 0.3 is 11.6 Å². The summed E-state index contributed by atoms with van der Waals surface area (Å²) in [4.78, 5) is 28.3. The second-order valence-electron chi connectivity index (χ2n) is 3.70. The van der Waals surface area contributed by atoms with Crippen LogP contribution in [0.2, 0.25) is 0 Å². The summed E-state index contributed by atoms with van der Waals surface area (Å²) in [6.45, 7) is 0.520. The van der Waals surface area contributed by atoms with Gasteiger partial charge in [-0.05, 0) is 9.85 Å². The van der Waals surface area contributed by atoms with Gasteiger partial charge in [-0.2, -0.15) is 9.13 Å². The quantitative estimate of drug-likeness (QED) is 0.567. The maximum atomic E-state index is 10.8. The van der Waals surface area contributed by atoms with Crippen LogP contribution in [-0.2, 0) is 13.1 Å². The fourth-order valence-electron chi connectivity index (χ4n) is 2.02. The Morgan fingerprint density at radius 2 is 1.33 bits per heavy atom. The van der Waals surface area contributed by atoms with Crippen LogP contribution in [-0.4, -0.2) is 28.9 Å². The second kappa shape index (κ2) is 3.35. The van der Waals surface area contributed by atoms with Crippen LogP contribution < -0.4 is 0 Å². The minimum Gasteiger partial charge on any atom is -0.358 e. The zero-order valence-electron chi connectivity index (χ0n) is 8.89. The summed E-state index contributed by atoms with van der Waals surface area (Å²) in [6.07, 6.45) is 2.26. The summed E-state index contributed by atoms with van der Waals surface area (Å²) >= 11 is 0. The van der Waals surface area contributed by atoms with Gasteiger partial charge in [-0.3, -0.25) is 0 Å². The molecule has 0 aliphatic carbocycles. The van der Waals surface area contributed by atoms with E-state index >= 15 is 0 Å². The Kier molecular flexibility index (Phi) is 1.93. The Bertz CT molecular complexity index is 613. The van der Waals surface area contributed by atoms with Gasteiger partial charge < -0.3 is 20.2 Å². The molecule has 0 aromatic carbocycles. The van der Waals surface area contributed by atoms with Crippen LogP contribution in [0.5, 0.6) is 0 Å². The van der Waals surface area contributed by atoms with Crippen LogP contribution in [0.25, 0.3) is 11.6 Å². The van der Waals surface area contributed by atoms with E-state index in [4.69, 9.17) is 0 Å². The molecular formula is C8H6N6O4. The predicted octanol–water partition coefficient (Wildman–Crippen LogP) is 0.577. The van der Waals surface area contributed by atoms with Crippen molar-refractivity contribution < 1.29 is 9.85 Å². The topological polar surface area (TPSA) is 122 Å². The Labute approximate surface area is 98.8 Å². The van der Waals surface area contributed by atoms with Crippen LogP contribution in [0.15, 0.2) is 12.4 Å². The first-order valence-electron chi connectivity index (χ1n) is 5.00. The molecule has 0 spiro atoms. The van der Waals surface area contributed by atoms with Gasteiger partial charge in [-0.25, -0.2) is 9.97 Å². The number of hydrogen-bond acceptors (Lipinski definition) is 6. The number of aromatic nitrogens is 4. The van der Waals surface area contributed by atoms with Crippen molar-refractivity contribution in [3.63, 3.8) is 0 Å². The lowest BCUT2D eigenvalue weighted by Crippen LogP contribution is -2.19. The van der Waals surface area contributed by atoms with Crippen molar-refractivity contribution in [3.05, 3.63) is 32.6 Å². The molecule has 0 unspecified atom stereocenters. The van der Waals surface area contributed by atoms with E-state index in [0.717, 1.165) is 12.4 Å². The highest BCUT2D eigenvalue weighted by Gasteiger charge is 2.35. The third-order valence-corrected chi connectivity index (χ3v) is 2.79. The molecule has 1 aliphatic heterocycles. The fourth-order valence-corrected chi connectivity index (χ4v) is 2.02. The van der Waals surface area contributed by atoms with Gasteiger partial charge in [-0.15, -0.1) is 0 Å². The standard InChI is InChI=1S/C8H6N6O4/c15-13(16)5-3-9-7-8-10-4-6(14(17)18)12(8)2-1-11(5)7/h3-4H,1-2H2. The highest BCUT2D eigenvalue weighted by molar-refractivity contribution is 5.52. The Morgan fingerprint density at radius 1 is 0.944 bits per heavy atom. The van der Waals surface area contributed by atoms with Gasteiger partial charge in [-0.1, -0.05) is 0 Å². The number of fused-ring (bicyclic) bond motifs is 3. The Hall–Kier alpha value is -2.78.